The van der Waals surface area contributed by atoms with Gasteiger partial charge in [0.25, 0.3) is 0 Å². The van der Waals surface area contributed by atoms with Crippen molar-refractivity contribution in [2.75, 3.05) is 36.2 Å². The van der Waals surface area contributed by atoms with Crippen molar-refractivity contribution in [3.63, 3.8) is 0 Å². The number of methoxy groups -OCH3 is 1. The molecule has 1 aliphatic heterocycles. The zero-order valence-electron chi connectivity index (χ0n) is 27.2. The van der Waals surface area contributed by atoms with E-state index in [0.717, 1.165) is 54.7 Å². The van der Waals surface area contributed by atoms with Crippen LogP contribution in [0.3, 0.4) is 0 Å². The number of carbonyl (C=O) groups excluding carboxylic acids is 3. The number of nitrogens with zero attached hydrogens (tertiary/aromatic N) is 2. The third-order valence-electron chi connectivity index (χ3n) is 9.10. The Morgan fingerprint density at radius 3 is 2.40 bits per heavy atom. The minimum atomic E-state index is -4.15. The Kier molecular flexibility index (Phi) is 10.2. The summed E-state index contributed by atoms with van der Waals surface area (Å²) < 4.78 is 40.7. The molecular weight excluding hydrogens is 624 g/mol. The van der Waals surface area contributed by atoms with Crippen molar-refractivity contribution in [3.8, 4) is 0 Å². The van der Waals surface area contributed by atoms with Crippen molar-refractivity contribution in [1.29, 1.82) is 0 Å². The van der Waals surface area contributed by atoms with Gasteiger partial charge in [0.2, 0.25) is 9.84 Å². The first-order valence-corrected chi connectivity index (χ1v) is 17.6. The monoisotopic (exact) mass is 666 g/mol. The number of ether oxygens (including phenoxy) is 2. The number of aryl methyl sites for hydroxylation is 2. The molecule has 12 nitrogen and oxygen atoms in total. The van der Waals surface area contributed by atoms with Crippen molar-refractivity contribution in [2.24, 2.45) is 0 Å². The van der Waals surface area contributed by atoms with Gasteiger partial charge in [-0.05, 0) is 74.8 Å². The van der Waals surface area contributed by atoms with E-state index in [4.69, 9.17) is 9.26 Å². The lowest BCUT2D eigenvalue weighted by molar-refractivity contribution is -0.140. The van der Waals surface area contributed by atoms with E-state index in [1.54, 1.807) is 6.92 Å². The predicted octanol–water partition coefficient (Wildman–Crippen LogP) is 5.92. The Morgan fingerprint density at radius 1 is 1.09 bits per heavy atom. The number of nitrogens with one attached hydrogen (secondary N) is 2. The molecule has 1 atom stereocenters. The second-order valence-corrected chi connectivity index (χ2v) is 14.2. The van der Waals surface area contributed by atoms with Crippen molar-refractivity contribution >= 4 is 38.5 Å². The molecule has 2 N–H and O–H groups in total. The number of piperidine rings is 1. The molecule has 0 bridgehead atoms. The topological polar surface area (TPSA) is 157 Å². The molecule has 2 heterocycles. The first kappa shape index (κ1) is 34.0. The molecule has 0 radical (unpaired) electrons. The highest BCUT2D eigenvalue weighted by atomic mass is 32.2. The van der Waals surface area contributed by atoms with Crippen molar-refractivity contribution in [2.45, 2.75) is 76.9 Å². The molecule has 1 saturated heterocycles. The molecule has 0 spiro atoms. The Labute approximate surface area is 275 Å². The van der Waals surface area contributed by atoms with E-state index in [2.05, 4.69) is 32.4 Å². The highest BCUT2D eigenvalue weighted by Gasteiger charge is 2.47. The largest absolute Gasteiger partial charge is 0.469 e. The third-order valence-corrected chi connectivity index (χ3v) is 10.5. The maximum absolute atomic E-state index is 12.9. The first-order chi connectivity index (χ1) is 22.5. The lowest BCUT2D eigenvalue weighted by Gasteiger charge is -2.33. The lowest BCUT2D eigenvalue weighted by Crippen LogP contribution is -2.39. The van der Waals surface area contributed by atoms with Crippen LogP contribution in [-0.2, 0) is 36.1 Å². The molecule has 1 saturated carbocycles. The fourth-order valence-electron chi connectivity index (χ4n) is 6.11. The molecule has 5 rings (SSSR count). The average molecular weight is 667 g/mol. The van der Waals surface area contributed by atoms with Crippen LogP contribution in [-0.4, -0.2) is 56.8 Å². The summed E-state index contributed by atoms with van der Waals surface area (Å²) in [7, 11) is -2.98. The summed E-state index contributed by atoms with van der Waals surface area (Å²) in [4.78, 5) is 39.1. The van der Waals surface area contributed by atoms with Crippen molar-refractivity contribution in [1.82, 2.24) is 10.5 Å². The Hall–Kier alpha value is -4.39. The van der Waals surface area contributed by atoms with Gasteiger partial charge in [-0.2, -0.15) is 0 Å². The van der Waals surface area contributed by atoms with Gasteiger partial charge in [0, 0.05) is 24.7 Å². The molecule has 2 aliphatic rings. The van der Waals surface area contributed by atoms with Crippen molar-refractivity contribution < 1.29 is 36.8 Å². The molecule has 47 heavy (non-hydrogen) atoms. The molecule has 1 aliphatic carbocycles. The van der Waals surface area contributed by atoms with Gasteiger partial charge in [0.1, 0.15) is 17.5 Å². The Bertz CT molecular complexity index is 1710. The van der Waals surface area contributed by atoms with E-state index in [1.807, 2.05) is 55.5 Å². The van der Waals surface area contributed by atoms with Crippen LogP contribution in [0.2, 0.25) is 0 Å². The molecule has 2 aromatic carbocycles. The van der Waals surface area contributed by atoms with Gasteiger partial charge in [-0.25, -0.2) is 13.2 Å². The van der Waals surface area contributed by atoms with Gasteiger partial charge in [-0.3, -0.25) is 14.9 Å². The van der Waals surface area contributed by atoms with E-state index in [1.165, 1.54) is 7.11 Å². The first-order valence-electron chi connectivity index (χ1n) is 15.9. The number of hydrogen-bond donors (Lipinski definition) is 2. The van der Waals surface area contributed by atoms with Crippen LogP contribution in [0.1, 0.15) is 86.1 Å². The summed E-state index contributed by atoms with van der Waals surface area (Å²) in [5, 5.41) is 8.62. The van der Waals surface area contributed by atoms with Crippen LogP contribution in [0.5, 0.6) is 0 Å². The number of sulfone groups is 1. The minimum Gasteiger partial charge on any atom is -0.469 e. The number of anilines is 2. The summed E-state index contributed by atoms with van der Waals surface area (Å²) in [6.07, 6.45) is 2.31. The second kappa shape index (κ2) is 14.2. The molecule has 2 amide bonds. The normalized spacial score (nSPS) is 16.6. The number of esters is 1. The van der Waals surface area contributed by atoms with Gasteiger partial charge in [-0.1, -0.05) is 48.5 Å². The van der Waals surface area contributed by atoms with Crippen LogP contribution in [0.15, 0.2) is 53.1 Å². The standard InChI is InChI=1S/C34H42N4O8S/c1-5-24-8-6-7-9-28(24)23(3)45-32(40)35-30-22(2)37-46-31(30)25-14-19-38(20-15-25)27-12-10-26(11-13-27)34(17-18-34)36-33(41)47(42,43)21-16-29(39)44-4/h6-13,23,25H,5,14-21H2,1-4H3,(H,35,40)(H,36,41)/t23-/m1/s1. The maximum Gasteiger partial charge on any atom is 0.412 e. The number of hydrogen-bond acceptors (Lipinski definition) is 10. The van der Waals surface area contributed by atoms with Crippen LogP contribution in [0.25, 0.3) is 0 Å². The molecule has 3 aromatic rings. The average Bonchev–Trinajstić information content (AvgIpc) is 3.78. The van der Waals surface area contributed by atoms with E-state index in [9.17, 15) is 22.8 Å². The van der Waals surface area contributed by atoms with Crippen LogP contribution in [0.4, 0.5) is 21.0 Å². The number of aromatic nitrogens is 1. The van der Waals surface area contributed by atoms with Crippen LogP contribution >= 0.6 is 0 Å². The SMILES string of the molecule is CCc1ccccc1[C@@H](C)OC(=O)Nc1c(C)noc1C1CCN(c2ccc(C3(NC(=O)S(=O)(=O)CCC(=O)OC)CC3)cc2)CC1. The maximum atomic E-state index is 12.9. The Balaban J connectivity index is 1.16. The van der Waals surface area contributed by atoms with Crippen LogP contribution < -0.4 is 15.5 Å². The van der Waals surface area contributed by atoms with E-state index < -0.39 is 44.5 Å². The lowest BCUT2D eigenvalue weighted by atomic mass is 9.92. The third kappa shape index (κ3) is 7.78. The van der Waals surface area contributed by atoms with E-state index in [-0.39, 0.29) is 12.3 Å². The number of carbonyl (C=O) groups is 3. The molecule has 13 heteroatoms. The fraction of sp³-hybridized carbons (Fsp3) is 0.471. The molecular formula is C34H42N4O8S. The van der Waals surface area contributed by atoms with Crippen molar-refractivity contribution in [3.05, 3.63) is 76.7 Å². The number of benzene rings is 2. The smallest absolute Gasteiger partial charge is 0.412 e. The van der Waals surface area contributed by atoms with Crippen LogP contribution in [0, 0.1) is 6.92 Å². The van der Waals surface area contributed by atoms with Gasteiger partial charge < -0.3 is 24.2 Å². The van der Waals surface area contributed by atoms with Gasteiger partial charge in [-0.15, -0.1) is 0 Å². The quantitative estimate of drug-likeness (QED) is 0.236. The highest BCUT2D eigenvalue weighted by Crippen LogP contribution is 2.46. The van der Waals surface area contributed by atoms with E-state index in [0.29, 0.717) is 30.0 Å². The number of rotatable bonds is 11. The zero-order valence-corrected chi connectivity index (χ0v) is 28.0. The molecule has 1 aromatic heterocycles. The summed E-state index contributed by atoms with van der Waals surface area (Å²) in [6, 6.07) is 15.7. The van der Waals surface area contributed by atoms with Gasteiger partial charge >= 0.3 is 17.3 Å². The van der Waals surface area contributed by atoms with Gasteiger partial charge in [0.05, 0.1) is 24.8 Å². The summed E-state index contributed by atoms with van der Waals surface area (Å²) >= 11 is 0. The number of amides is 2. The molecule has 0 unspecified atom stereocenters. The fourth-order valence-corrected chi connectivity index (χ4v) is 7.09. The summed E-state index contributed by atoms with van der Waals surface area (Å²) in [5.74, 6) is -0.580. The zero-order chi connectivity index (χ0) is 33.8. The minimum absolute atomic E-state index is 0.0614. The van der Waals surface area contributed by atoms with E-state index >= 15 is 0 Å². The van der Waals surface area contributed by atoms with Gasteiger partial charge in [0.15, 0.2) is 5.76 Å². The summed E-state index contributed by atoms with van der Waals surface area (Å²) in [6.45, 7) is 7.22. The summed E-state index contributed by atoms with van der Waals surface area (Å²) in [5.41, 5.74) is 4.37. The molecule has 252 valence electrons. The predicted molar refractivity (Wildman–Crippen MR) is 176 cm³/mol. The highest BCUT2D eigenvalue weighted by molar-refractivity contribution is 8.06. The Morgan fingerprint density at radius 2 is 1.77 bits per heavy atom. The molecule has 2 fully saturated rings. The second-order valence-electron chi connectivity index (χ2n) is 12.2.